The van der Waals surface area contributed by atoms with Crippen LogP contribution >= 0.6 is 0 Å². The Hall–Kier alpha value is -1.48. The van der Waals surface area contributed by atoms with E-state index >= 15 is 0 Å². The van der Waals surface area contributed by atoms with Gasteiger partial charge in [-0.1, -0.05) is 18.2 Å². The van der Waals surface area contributed by atoms with E-state index in [1.807, 2.05) is 0 Å². The van der Waals surface area contributed by atoms with Crippen LogP contribution in [-0.2, 0) is 10.3 Å². The zero-order valence-corrected chi connectivity index (χ0v) is 11.0. The molecule has 1 aromatic carbocycles. The van der Waals surface area contributed by atoms with Gasteiger partial charge in [-0.25, -0.2) is 0 Å². The summed E-state index contributed by atoms with van der Waals surface area (Å²) < 4.78 is 4.90. The van der Waals surface area contributed by atoms with Crippen molar-refractivity contribution in [3.05, 3.63) is 36.0 Å². The molecule has 1 aromatic heterocycles. The van der Waals surface area contributed by atoms with E-state index in [9.17, 15) is 25.5 Å². The standard InChI is InChI=1S/C14H17NO6/c16-6-10-11(17)14(20,12(18)13(19)21-10)8-5-15-9-4-2-1-3-7(8)9/h1-5,10-13,15-20H,6H2. The average molecular weight is 295 g/mol. The molecule has 2 heterocycles. The van der Waals surface area contributed by atoms with E-state index in [-0.39, 0.29) is 5.56 Å². The van der Waals surface area contributed by atoms with Crippen LogP contribution in [0.25, 0.3) is 10.9 Å². The summed E-state index contributed by atoms with van der Waals surface area (Å²) in [6, 6.07) is 7.05. The molecule has 6 N–H and O–H groups in total. The van der Waals surface area contributed by atoms with Crippen molar-refractivity contribution in [2.45, 2.75) is 30.2 Å². The van der Waals surface area contributed by atoms with E-state index in [4.69, 9.17) is 4.74 Å². The first-order chi connectivity index (χ1) is 10.00. The molecule has 21 heavy (non-hydrogen) atoms. The van der Waals surface area contributed by atoms with Gasteiger partial charge in [-0.2, -0.15) is 0 Å². The van der Waals surface area contributed by atoms with E-state index in [2.05, 4.69) is 4.98 Å². The summed E-state index contributed by atoms with van der Waals surface area (Å²) in [7, 11) is 0. The van der Waals surface area contributed by atoms with Gasteiger partial charge < -0.3 is 35.3 Å². The van der Waals surface area contributed by atoms with Gasteiger partial charge in [-0.3, -0.25) is 0 Å². The van der Waals surface area contributed by atoms with Gasteiger partial charge in [0.2, 0.25) is 0 Å². The number of H-pyrrole nitrogens is 1. The number of aliphatic hydroxyl groups is 5. The molecule has 0 saturated carbocycles. The Labute approximate surface area is 120 Å². The number of nitrogens with one attached hydrogen (secondary N) is 1. The molecular weight excluding hydrogens is 278 g/mol. The van der Waals surface area contributed by atoms with Crippen LogP contribution in [0.1, 0.15) is 5.56 Å². The second kappa shape index (κ2) is 5.06. The molecule has 0 radical (unpaired) electrons. The van der Waals surface area contributed by atoms with E-state index in [0.29, 0.717) is 10.9 Å². The number of aromatic nitrogens is 1. The lowest BCUT2D eigenvalue weighted by Crippen LogP contribution is -2.65. The fourth-order valence-corrected chi connectivity index (χ4v) is 2.87. The van der Waals surface area contributed by atoms with Gasteiger partial charge in [-0.15, -0.1) is 0 Å². The number of hydrogen-bond acceptors (Lipinski definition) is 6. The number of hydrogen-bond donors (Lipinski definition) is 6. The molecule has 7 heteroatoms. The predicted octanol–water partition coefficient (Wildman–Crippen LogP) is -1.21. The van der Waals surface area contributed by atoms with Crippen LogP contribution < -0.4 is 0 Å². The second-order valence-electron chi connectivity index (χ2n) is 5.21. The summed E-state index contributed by atoms with van der Waals surface area (Å²) in [5.74, 6) is 0. The van der Waals surface area contributed by atoms with Gasteiger partial charge in [0.05, 0.1) is 6.61 Å². The highest BCUT2D eigenvalue weighted by molar-refractivity contribution is 5.84. The molecule has 0 amide bonds. The first kappa shape index (κ1) is 14.5. The highest BCUT2D eigenvalue weighted by Crippen LogP contribution is 2.40. The van der Waals surface area contributed by atoms with Crippen molar-refractivity contribution in [2.24, 2.45) is 0 Å². The minimum absolute atomic E-state index is 0.235. The Morgan fingerprint density at radius 1 is 1.14 bits per heavy atom. The lowest BCUT2D eigenvalue weighted by molar-refractivity contribution is -0.326. The minimum Gasteiger partial charge on any atom is -0.394 e. The topological polar surface area (TPSA) is 126 Å². The SMILES string of the molecule is OCC1OC(O)C(O)C(O)(c2c[nH]c3ccccc23)C1O. The van der Waals surface area contributed by atoms with Gasteiger partial charge in [0.1, 0.15) is 18.3 Å². The Kier molecular flexibility index (Phi) is 3.48. The normalized spacial score (nSPS) is 37.0. The molecule has 0 aliphatic carbocycles. The molecule has 3 rings (SSSR count). The number of aromatic amines is 1. The van der Waals surface area contributed by atoms with Gasteiger partial charge in [0.15, 0.2) is 11.9 Å². The van der Waals surface area contributed by atoms with Crippen LogP contribution in [0.4, 0.5) is 0 Å². The van der Waals surface area contributed by atoms with Crippen molar-refractivity contribution >= 4 is 10.9 Å². The molecular formula is C14H17NO6. The monoisotopic (exact) mass is 295 g/mol. The van der Waals surface area contributed by atoms with Crippen molar-refractivity contribution in [2.75, 3.05) is 6.61 Å². The predicted molar refractivity (Wildman–Crippen MR) is 72.2 cm³/mol. The molecule has 2 aromatic rings. The van der Waals surface area contributed by atoms with E-state index in [0.717, 1.165) is 0 Å². The van der Waals surface area contributed by atoms with Crippen LogP contribution in [0.15, 0.2) is 30.5 Å². The lowest BCUT2D eigenvalue weighted by atomic mass is 9.78. The van der Waals surface area contributed by atoms with Crippen molar-refractivity contribution < 1.29 is 30.3 Å². The van der Waals surface area contributed by atoms with Crippen LogP contribution in [0, 0.1) is 0 Å². The third-order valence-corrected chi connectivity index (χ3v) is 4.04. The zero-order valence-electron chi connectivity index (χ0n) is 11.0. The first-order valence-corrected chi connectivity index (χ1v) is 6.59. The summed E-state index contributed by atoms with van der Waals surface area (Å²) in [4.78, 5) is 2.93. The molecule has 1 fully saturated rings. The number of rotatable bonds is 2. The largest absolute Gasteiger partial charge is 0.394 e. The Morgan fingerprint density at radius 3 is 2.57 bits per heavy atom. The molecule has 5 unspecified atom stereocenters. The highest BCUT2D eigenvalue weighted by Gasteiger charge is 2.56. The maximum absolute atomic E-state index is 10.9. The smallest absolute Gasteiger partial charge is 0.184 e. The average Bonchev–Trinajstić information content (AvgIpc) is 2.93. The number of para-hydroxylation sites is 1. The van der Waals surface area contributed by atoms with Gasteiger partial charge in [0, 0.05) is 22.7 Å². The third-order valence-electron chi connectivity index (χ3n) is 4.04. The Balaban J connectivity index is 2.16. The van der Waals surface area contributed by atoms with Crippen LogP contribution in [-0.4, -0.2) is 61.7 Å². The second-order valence-corrected chi connectivity index (χ2v) is 5.21. The fraction of sp³-hybridized carbons (Fsp3) is 0.429. The summed E-state index contributed by atoms with van der Waals surface area (Å²) in [5.41, 5.74) is -1.22. The van der Waals surface area contributed by atoms with E-state index < -0.39 is 36.8 Å². The van der Waals surface area contributed by atoms with Crippen LogP contribution in [0.5, 0.6) is 0 Å². The Bertz CT molecular complexity index is 643. The number of aliphatic hydroxyl groups excluding tert-OH is 4. The first-order valence-electron chi connectivity index (χ1n) is 6.59. The molecule has 1 aliphatic heterocycles. The minimum atomic E-state index is -2.16. The number of benzene rings is 1. The quantitative estimate of drug-likeness (QED) is 0.413. The summed E-state index contributed by atoms with van der Waals surface area (Å²) in [5, 5.41) is 50.8. The maximum atomic E-state index is 10.9. The van der Waals surface area contributed by atoms with Crippen LogP contribution in [0.2, 0.25) is 0 Å². The lowest BCUT2D eigenvalue weighted by Gasteiger charge is -2.46. The van der Waals surface area contributed by atoms with Gasteiger partial charge in [-0.05, 0) is 6.07 Å². The number of ether oxygens (including phenoxy) is 1. The van der Waals surface area contributed by atoms with E-state index in [1.54, 1.807) is 24.3 Å². The van der Waals surface area contributed by atoms with Crippen molar-refractivity contribution in [1.29, 1.82) is 0 Å². The van der Waals surface area contributed by atoms with Crippen molar-refractivity contribution in [3.8, 4) is 0 Å². The molecule has 114 valence electrons. The molecule has 1 saturated heterocycles. The zero-order chi connectivity index (χ0) is 15.2. The van der Waals surface area contributed by atoms with Crippen molar-refractivity contribution in [3.63, 3.8) is 0 Å². The molecule has 0 spiro atoms. The highest BCUT2D eigenvalue weighted by atomic mass is 16.6. The third kappa shape index (κ3) is 1.98. The van der Waals surface area contributed by atoms with Crippen LogP contribution in [0.3, 0.4) is 0 Å². The van der Waals surface area contributed by atoms with Crippen molar-refractivity contribution in [1.82, 2.24) is 4.98 Å². The molecule has 7 nitrogen and oxygen atoms in total. The molecule has 5 atom stereocenters. The molecule has 1 aliphatic rings. The fourth-order valence-electron chi connectivity index (χ4n) is 2.87. The van der Waals surface area contributed by atoms with E-state index in [1.165, 1.54) is 6.20 Å². The summed E-state index contributed by atoms with van der Waals surface area (Å²) in [6.07, 6.45) is -4.82. The summed E-state index contributed by atoms with van der Waals surface area (Å²) >= 11 is 0. The van der Waals surface area contributed by atoms with Gasteiger partial charge >= 0.3 is 0 Å². The summed E-state index contributed by atoms with van der Waals surface area (Å²) in [6.45, 7) is -0.602. The Morgan fingerprint density at radius 2 is 1.86 bits per heavy atom. The van der Waals surface area contributed by atoms with Gasteiger partial charge in [0.25, 0.3) is 0 Å². The maximum Gasteiger partial charge on any atom is 0.184 e. The number of fused-ring (bicyclic) bond motifs is 1. The molecule has 0 bridgehead atoms.